The van der Waals surface area contributed by atoms with E-state index in [2.05, 4.69) is 63.2 Å². The van der Waals surface area contributed by atoms with Crippen molar-refractivity contribution < 1.29 is 4.42 Å². The number of H-pyrrole nitrogens is 1. The summed E-state index contributed by atoms with van der Waals surface area (Å²) < 4.78 is 6.90. The third kappa shape index (κ3) is 3.12. The number of benzene rings is 1. The molecule has 21 heavy (non-hydrogen) atoms. The lowest BCUT2D eigenvalue weighted by atomic mass is 10.1. The van der Waals surface area contributed by atoms with E-state index in [4.69, 9.17) is 4.42 Å². The van der Waals surface area contributed by atoms with E-state index < -0.39 is 0 Å². The molecule has 0 fully saturated rings. The third-order valence-corrected chi connectivity index (χ3v) is 4.03. The zero-order valence-corrected chi connectivity index (χ0v) is 14.1. The Kier molecular flexibility index (Phi) is 4.01. The van der Waals surface area contributed by atoms with Gasteiger partial charge in [-0.3, -0.25) is 5.10 Å². The maximum absolute atomic E-state index is 5.66. The van der Waals surface area contributed by atoms with Gasteiger partial charge in [-0.15, -0.1) is 0 Å². The number of nitrogens with zero attached hydrogens (tertiary/aromatic N) is 1. The Bertz CT molecular complexity index is 760. The van der Waals surface area contributed by atoms with Crippen molar-refractivity contribution in [3.8, 4) is 11.5 Å². The van der Waals surface area contributed by atoms with Gasteiger partial charge in [0.05, 0.1) is 6.20 Å². The van der Waals surface area contributed by atoms with Gasteiger partial charge in [0.1, 0.15) is 11.5 Å². The molecule has 2 N–H and O–H groups in total. The highest BCUT2D eigenvalue weighted by Gasteiger charge is 2.11. The molecule has 0 bridgehead atoms. The summed E-state index contributed by atoms with van der Waals surface area (Å²) >= 11 is 2.32. The zero-order chi connectivity index (χ0) is 14.8. The molecule has 4 nitrogen and oxygen atoms in total. The molecule has 5 heteroatoms. The number of nitrogens with one attached hydrogen (secondary N) is 2. The van der Waals surface area contributed by atoms with Crippen LogP contribution in [0.15, 0.2) is 40.9 Å². The van der Waals surface area contributed by atoms with E-state index in [1.807, 2.05) is 25.3 Å². The van der Waals surface area contributed by atoms with Gasteiger partial charge in [0.25, 0.3) is 0 Å². The summed E-state index contributed by atoms with van der Waals surface area (Å²) in [5, 5.41) is 10.6. The Morgan fingerprint density at radius 1 is 1.24 bits per heavy atom. The van der Waals surface area contributed by atoms with Crippen LogP contribution in [0.1, 0.15) is 16.9 Å². The fraction of sp³-hybridized carbons (Fsp3) is 0.188. The molecule has 0 unspecified atom stereocenters. The molecule has 0 radical (unpaired) electrons. The van der Waals surface area contributed by atoms with Gasteiger partial charge in [-0.1, -0.05) is 0 Å². The van der Waals surface area contributed by atoms with E-state index in [0.717, 1.165) is 28.5 Å². The van der Waals surface area contributed by atoms with Crippen molar-refractivity contribution in [1.82, 2.24) is 10.2 Å². The van der Waals surface area contributed by atoms with Crippen molar-refractivity contribution in [2.24, 2.45) is 0 Å². The average molecular weight is 393 g/mol. The summed E-state index contributed by atoms with van der Waals surface area (Å²) in [6.45, 7) is 4.75. The molecule has 2 heterocycles. The first kappa shape index (κ1) is 14.2. The highest BCUT2D eigenvalue weighted by molar-refractivity contribution is 14.1. The van der Waals surface area contributed by atoms with Crippen LogP contribution in [0.4, 0.5) is 5.69 Å². The van der Waals surface area contributed by atoms with Gasteiger partial charge in [-0.25, -0.2) is 0 Å². The minimum absolute atomic E-state index is 0.701. The van der Waals surface area contributed by atoms with Crippen LogP contribution in [0, 0.1) is 17.4 Å². The van der Waals surface area contributed by atoms with Gasteiger partial charge in [-0.05, 0) is 72.3 Å². The topological polar surface area (TPSA) is 53.9 Å². The molecule has 0 aliphatic carbocycles. The van der Waals surface area contributed by atoms with E-state index in [1.165, 1.54) is 9.13 Å². The summed E-state index contributed by atoms with van der Waals surface area (Å²) in [6.07, 6.45) is 1.84. The molecule has 0 saturated heterocycles. The second kappa shape index (κ2) is 5.93. The number of hydrogen-bond acceptors (Lipinski definition) is 3. The zero-order valence-electron chi connectivity index (χ0n) is 11.9. The summed E-state index contributed by atoms with van der Waals surface area (Å²) in [4.78, 5) is 0. The van der Waals surface area contributed by atoms with E-state index in [0.29, 0.717) is 6.54 Å². The molecule has 3 rings (SSSR count). The minimum Gasteiger partial charge on any atom is -0.460 e. The number of rotatable bonds is 4. The summed E-state index contributed by atoms with van der Waals surface area (Å²) in [6, 6.07) is 10.3. The Labute approximate surface area is 137 Å². The number of aromatic amines is 1. The molecule has 1 aromatic carbocycles. The lowest BCUT2D eigenvalue weighted by molar-refractivity contribution is 0.545. The Morgan fingerprint density at radius 2 is 2.10 bits per heavy atom. The maximum Gasteiger partial charge on any atom is 0.152 e. The first-order chi connectivity index (χ1) is 10.1. The number of halogens is 1. The van der Waals surface area contributed by atoms with E-state index in [9.17, 15) is 0 Å². The molecule has 0 aliphatic heterocycles. The molecule has 3 aromatic rings. The first-order valence-corrected chi connectivity index (χ1v) is 7.80. The van der Waals surface area contributed by atoms with Crippen LogP contribution in [0.2, 0.25) is 0 Å². The minimum atomic E-state index is 0.701. The Morgan fingerprint density at radius 3 is 2.81 bits per heavy atom. The predicted molar refractivity (Wildman–Crippen MR) is 92.2 cm³/mol. The first-order valence-electron chi connectivity index (χ1n) is 6.72. The van der Waals surface area contributed by atoms with Gasteiger partial charge in [0.15, 0.2) is 5.76 Å². The number of furan rings is 1. The average Bonchev–Trinajstić information content (AvgIpc) is 3.06. The van der Waals surface area contributed by atoms with E-state index >= 15 is 0 Å². The van der Waals surface area contributed by atoms with Gasteiger partial charge >= 0.3 is 0 Å². The summed E-state index contributed by atoms with van der Waals surface area (Å²) in [5.41, 5.74) is 4.39. The Hall–Kier alpha value is -1.76. The van der Waals surface area contributed by atoms with Gasteiger partial charge in [-0.2, -0.15) is 5.10 Å². The molecular formula is C16H16IN3O. The molecular weight excluding hydrogens is 377 g/mol. The Balaban J connectivity index is 1.79. The van der Waals surface area contributed by atoms with Crippen LogP contribution < -0.4 is 5.32 Å². The van der Waals surface area contributed by atoms with Crippen LogP contribution >= 0.6 is 22.6 Å². The van der Waals surface area contributed by atoms with Crippen LogP contribution in [0.5, 0.6) is 0 Å². The van der Waals surface area contributed by atoms with E-state index in [1.54, 1.807) is 0 Å². The quantitative estimate of drug-likeness (QED) is 0.642. The maximum atomic E-state index is 5.66. The van der Waals surface area contributed by atoms with Crippen molar-refractivity contribution >= 4 is 28.3 Å². The molecule has 0 spiro atoms. The van der Waals surface area contributed by atoms with Crippen LogP contribution in [0.25, 0.3) is 11.5 Å². The van der Waals surface area contributed by atoms with Crippen LogP contribution in [0.3, 0.4) is 0 Å². The third-order valence-electron chi connectivity index (χ3n) is 3.36. The fourth-order valence-electron chi connectivity index (χ4n) is 2.24. The summed E-state index contributed by atoms with van der Waals surface area (Å²) in [5.74, 6) is 1.72. The molecule has 2 aromatic heterocycles. The normalized spacial score (nSPS) is 10.8. The monoisotopic (exact) mass is 393 g/mol. The predicted octanol–water partition coefficient (Wildman–Crippen LogP) is 4.50. The highest BCUT2D eigenvalue weighted by Crippen LogP contribution is 2.25. The second-order valence-corrected chi connectivity index (χ2v) is 6.24. The largest absolute Gasteiger partial charge is 0.460 e. The van der Waals surface area contributed by atoms with Crippen LogP contribution in [-0.2, 0) is 6.54 Å². The molecule has 0 atom stereocenters. The van der Waals surface area contributed by atoms with Gasteiger partial charge in [0, 0.05) is 21.4 Å². The van der Waals surface area contributed by atoms with E-state index in [-0.39, 0.29) is 0 Å². The molecule has 0 saturated carbocycles. The van der Waals surface area contributed by atoms with Crippen molar-refractivity contribution in [1.29, 1.82) is 0 Å². The number of hydrogen-bond donors (Lipinski definition) is 2. The molecule has 0 aliphatic rings. The number of anilines is 1. The highest BCUT2D eigenvalue weighted by atomic mass is 127. The lowest BCUT2D eigenvalue weighted by Crippen LogP contribution is -2.01. The standard InChI is InChI=1S/C16H16IN3O/c1-10-7-13(17)4-5-14(10)18-8-12-9-19-20-16(12)15-6-3-11(2)21-15/h3-7,9,18H,8H2,1-2H3,(H,19,20). The van der Waals surface area contributed by atoms with Crippen molar-refractivity contribution in [2.45, 2.75) is 20.4 Å². The van der Waals surface area contributed by atoms with Gasteiger partial charge in [0.2, 0.25) is 0 Å². The van der Waals surface area contributed by atoms with Crippen LogP contribution in [-0.4, -0.2) is 10.2 Å². The SMILES string of the molecule is Cc1ccc(-c2[nH]ncc2CNc2ccc(I)cc2C)o1. The molecule has 0 amide bonds. The number of aryl methyl sites for hydroxylation is 2. The smallest absolute Gasteiger partial charge is 0.152 e. The van der Waals surface area contributed by atoms with Crippen molar-refractivity contribution in [2.75, 3.05) is 5.32 Å². The summed E-state index contributed by atoms with van der Waals surface area (Å²) in [7, 11) is 0. The molecule has 108 valence electrons. The van der Waals surface area contributed by atoms with Crippen molar-refractivity contribution in [3.05, 3.63) is 57.0 Å². The number of aromatic nitrogens is 2. The van der Waals surface area contributed by atoms with Gasteiger partial charge < -0.3 is 9.73 Å². The van der Waals surface area contributed by atoms with Crippen molar-refractivity contribution in [3.63, 3.8) is 0 Å². The second-order valence-electron chi connectivity index (χ2n) is 4.99. The lowest BCUT2D eigenvalue weighted by Gasteiger charge is -2.09. The fourth-order valence-corrected chi connectivity index (χ4v) is 2.89.